The zero-order valence-corrected chi connectivity index (χ0v) is 23.9. The number of ether oxygens (including phenoxy) is 6. The van der Waals surface area contributed by atoms with Gasteiger partial charge in [0, 0.05) is 17.3 Å². The summed E-state index contributed by atoms with van der Waals surface area (Å²) in [7, 11) is 0. The molecule has 0 aromatic heterocycles. The fourth-order valence-corrected chi connectivity index (χ4v) is 6.28. The highest BCUT2D eigenvalue weighted by Crippen LogP contribution is 2.48. The van der Waals surface area contributed by atoms with Gasteiger partial charge in [-0.1, -0.05) is 27.7 Å². The first-order valence-corrected chi connectivity index (χ1v) is 13.4. The number of rotatable bonds is 6. The Hall–Kier alpha value is -0.240. The predicted octanol–water partition coefficient (Wildman–Crippen LogP) is 6.59. The summed E-state index contributed by atoms with van der Waals surface area (Å²) in [4.78, 5) is 0. The van der Waals surface area contributed by atoms with Crippen molar-refractivity contribution in [3.63, 3.8) is 0 Å². The summed E-state index contributed by atoms with van der Waals surface area (Å²) in [6.07, 6.45) is 4.33. The van der Waals surface area contributed by atoms with Crippen molar-refractivity contribution in [3.8, 4) is 0 Å². The highest BCUT2D eigenvalue weighted by Gasteiger charge is 2.52. The van der Waals surface area contributed by atoms with E-state index in [1.807, 2.05) is 20.8 Å². The molecule has 3 aliphatic heterocycles. The molecular weight excluding hydrogens is 432 g/mol. The van der Waals surface area contributed by atoms with Crippen molar-refractivity contribution in [2.45, 2.75) is 169 Å². The van der Waals surface area contributed by atoms with Gasteiger partial charge >= 0.3 is 0 Å². The second kappa shape index (κ2) is 9.57. The van der Waals surface area contributed by atoms with Crippen LogP contribution >= 0.6 is 0 Å². The molecule has 0 aromatic rings. The summed E-state index contributed by atoms with van der Waals surface area (Å²) < 4.78 is 37.4. The Kier molecular flexibility index (Phi) is 7.98. The number of hydrogen-bond donors (Lipinski definition) is 0. The molecule has 3 aliphatic rings. The van der Waals surface area contributed by atoms with Gasteiger partial charge in [-0.05, 0) is 81.1 Å². The van der Waals surface area contributed by atoms with E-state index in [1.54, 1.807) is 0 Å². The van der Waals surface area contributed by atoms with E-state index in [0.717, 1.165) is 32.1 Å². The molecule has 3 rings (SSSR count). The molecule has 3 heterocycles. The molecule has 8 atom stereocenters. The molecule has 0 spiro atoms. The second-order valence-corrected chi connectivity index (χ2v) is 13.3. The highest BCUT2D eigenvalue weighted by atomic mass is 16.7. The first-order valence-electron chi connectivity index (χ1n) is 13.4. The van der Waals surface area contributed by atoms with Crippen LogP contribution in [0, 0.1) is 10.8 Å². The van der Waals surface area contributed by atoms with Gasteiger partial charge in [-0.15, -0.1) is 0 Å². The van der Waals surface area contributed by atoms with Crippen LogP contribution in [0.3, 0.4) is 0 Å². The minimum absolute atomic E-state index is 0.0432. The van der Waals surface area contributed by atoms with Crippen molar-refractivity contribution in [3.05, 3.63) is 0 Å². The molecule has 6 heteroatoms. The van der Waals surface area contributed by atoms with E-state index in [4.69, 9.17) is 28.4 Å². The average Bonchev–Trinajstić information content (AvgIpc) is 2.64. The van der Waals surface area contributed by atoms with Crippen molar-refractivity contribution in [2.24, 2.45) is 10.8 Å². The maximum Gasteiger partial charge on any atom is 0.156 e. The van der Waals surface area contributed by atoms with Crippen LogP contribution in [0.2, 0.25) is 0 Å². The molecule has 0 N–H and O–H groups in total. The SMILES string of the molecule is CC1OC(C)C(C)(C)C(CCC2(C)CC(C)(CCC3OC(C)OC(C)(C)C3(C)C)OC(C)O2)O1. The van der Waals surface area contributed by atoms with Crippen LogP contribution in [-0.2, 0) is 28.4 Å². The van der Waals surface area contributed by atoms with Crippen molar-refractivity contribution in [2.75, 3.05) is 0 Å². The Morgan fingerprint density at radius 3 is 1.65 bits per heavy atom. The van der Waals surface area contributed by atoms with Gasteiger partial charge in [-0.3, -0.25) is 0 Å². The predicted molar refractivity (Wildman–Crippen MR) is 133 cm³/mol. The van der Waals surface area contributed by atoms with Gasteiger partial charge in [0.15, 0.2) is 18.9 Å². The van der Waals surface area contributed by atoms with Crippen LogP contribution in [0.25, 0.3) is 0 Å². The summed E-state index contributed by atoms with van der Waals surface area (Å²) in [5.41, 5.74) is -0.938. The van der Waals surface area contributed by atoms with Gasteiger partial charge in [0.1, 0.15) is 0 Å². The third-order valence-electron chi connectivity index (χ3n) is 9.32. The van der Waals surface area contributed by atoms with Crippen LogP contribution < -0.4 is 0 Å². The normalized spacial score (nSPS) is 46.2. The summed E-state index contributed by atoms with van der Waals surface area (Å²) in [5.74, 6) is 0. The molecule has 0 aromatic carbocycles. The fourth-order valence-electron chi connectivity index (χ4n) is 6.28. The van der Waals surface area contributed by atoms with E-state index in [0.29, 0.717) is 0 Å². The van der Waals surface area contributed by atoms with E-state index in [2.05, 4.69) is 62.3 Å². The van der Waals surface area contributed by atoms with Crippen molar-refractivity contribution >= 4 is 0 Å². The van der Waals surface area contributed by atoms with E-state index in [1.165, 1.54) is 0 Å². The molecule has 0 aliphatic carbocycles. The van der Waals surface area contributed by atoms with Crippen molar-refractivity contribution < 1.29 is 28.4 Å². The average molecular weight is 485 g/mol. The van der Waals surface area contributed by atoms with Gasteiger partial charge in [0.25, 0.3) is 0 Å². The monoisotopic (exact) mass is 484 g/mol. The van der Waals surface area contributed by atoms with E-state index in [9.17, 15) is 0 Å². The minimum atomic E-state index is -0.274. The van der Waals surface area contributed by atoms with Crippen LogP contribution in [0.4, 0.5) is 0 Å². The molecule has 8 unspecified atom stereocenters. The Bertz CT molecular complexity index is 705. The molecule has 3 fully saturated rings. The van der Waals surface area contributed by atoms with E-state index in [-0.39, 0.29) is 64.8 Å². The lowest BCUT2D eigenvalue weighted by Crippen LogP contribution is -2.58. The van der Waals surface area contributed by atoms with Crippen molar-refractivity contribution in [1.29, 1.82) is 0 Å². The van der Waals surface area contributed by atoms with Gasteiger partial charge in [-0.2, -0.15) is 0 Å². The molecular formula is C28H52O6. The van der Waals surface area contributed by atoms with Gasteiger partial charge < -0.3 is 28.4 Å². The van der Waals surface area contributed by atoms with E-state index < -0.39 is 0 Å². The maximum absolute atomic E-state index is 6.41. The zero-order chi connectivity index (χ0) is 25.7. The Morgan fingerprint density at radius 1 is 0.588 bits per heavy atom. The lowest BCUT2D eigenvalue weighted by atomic mass is 9.69. The molecule has 34 heavy (non-hydrogen) atoms. The van der Waals surface area contributed by atoms with Crippen molar-refractivity contribution in [1.82, 2.24) is 0 Å². The fraction of sp³-hybridized carbons (Fsp3) is 1.00. The molecule has 3 saturated heterocycles. The molecule has 0 radical (unpaired) electrons. The third kappa shape index (κ3) is 5.84. The molecule has 200 valence electrons. The molecule has 0 amide bonds. The first-order chi connectivity index (χ1) is 15.4. The summed E-state index contributed by atoms with van der Waals surface area (Å²) in [6, 6.07) is 0. The number of hydrogen-bond acceptors (Lipinski definition) is 6. The lowest BCUT2D eigenvalue weighted by Gasteiger charge is -2.53. The van der Waals surface area contributed by atoms with Crippen LogP contribution in [0.15, 0.2) is 0 Å². The van der Waals surface area contributed by atoms with Gasteiger partial charge in [0.2, 0.25) is 0 Å². The van der Waals surface area contributed by atoms with E-state index >= 15 is 0 Å². The summed E-state index contributed by atoms with van der Waals surface area (Å²) in [5, 5.41) is 0. The molecule has 0 saturated carbocycles. The van der Waals surface area contributed by atoms with Crippen LogP contribution in [-0.4, -0.2) is 54.0 Å². The third-order valence-corrected chi connectivity index (χ3v) is 9.32. The largest absolute Gasteiger partial charge is 0.349 e. The topological polar surface area (TPSA) is 55.4 Å². The smallest absolute Gasteiger partial charge is 0.156 e. The molecule has 0 bridgehead atoms. The summed E-state index contributed by atoms with van der Waals surface area (Å²) in [6.45, 7) is 26.0. The maximum atomic E-state index is 6.41. The zero-order valence-electron chi connectivity index (χ0n) is 23.9. The lowest BCUT2D eigenvalue weighted by molar-refractivity contribution is -0.329. The van der Waals surface area contributed by atoms with Gasteiger partial charge in [0.05, 0.1) is 35.1 Å². The van der Waals surface area contributed by atoms with Gasteiger partial charge in [-0.25, -0.2) is 0 Å². The minimum Gasteiger partial charge on any atom is -0.349 e. The second-order valence-electron chi connectivity index (χ2n) is 13.3. The Labute approximate surface area is 208 Å². The van der Waals surface area contributed by atoms with Crippen LogP contribution in [0.5, 0.6) is 0 Å². The van der Waals surface area contributed by atoms with Crippen LogP contribution in [0.1, 0.15) is 115 Å². The highest BCUT2D eigenvalue weighted by molar-refractivity contribution is 4.99. The molecule has 6 nitrogen and oxygen atoms in total. The Balaban J connectivity index is 1.66. The first kappa shape index (κ1) is 28.3. The standard InChI is InChI=1S/C28H52O6/c1-18-24(5,6)22(30-19(2)29-18)13-15-27(11)17-28(12,34-21(4)33-27)16-14-23-25(7,8)26(9,10)32-20(3)31-23/h18-23H,13-17H2,1-12H3. The summed E-state index contributed by atoms with van der Waals surface area (Å²) >= 11 is 0. The Morgan fingerprint density at radius 2 is 1.09 bits per heavy atom. The quantitative estimate of drug-likeness (QED) is 0.424.